The van der Waals surface area contributed by atoms with Crippen molar-refractivity contribution in [3.8, 4) is 16.9 Å². The Morgan fingerprint density at radius 2 is 1.63 bits per heavy atom. The van der Waals surface area contributed by atoms with Crippen LogP contribution >= 0.6 is 0 Å². The lowest BCUT2D eigenvalue weighted by atomic mass is 10.1. The van der Waals surface area contributed by atoms with Crippen molar-refractivity contribution in [3.05, 3.63) is 60.3 Å². The molecule has 0 aliphatic rings. The van der Waals surface area contributed by atoms with E-state index in [1.54, 1.807) is 0 Å². The Bertz CT molecular complexity index is 679. The van der Waals surface area contributed by atoms with Crippen LogP contribution in [0.1, 0.15) is 5.69 Å². The topological polar surface area (TPSA) is 72.8 Å². The first-order chi connectivity index (χ1) is 9.31. The Labute approximate surface area is 111 Å². The normalized spacial score (nSPS) is 10.8. The second-order valence-electron chi connectivity index (χ2n) is 4.40. The highest BCUT2D eigenvalue weighted by atomic mass is 15.3. The van der Waals surface area contributed by atoms with Gasteiger partial charge in [-0.2, -0.15) is 0 Å². The third-order valence-electron chi connectivity index (χ3n) is 3.19. The molecule has 0 aliphatic carbocycles. The number of aromatic nitrogens is 2. The monoisotopic (exact) mass is 252 g/mol. The molecule has 0 aliphatic heterocycles. The molecule has 0 saturated carbocycles. The van der Waals surface area contributed by atoms with Crippen LogP contribution in [0.4, 0.5) is 5.69 Å². The highest BCUT2D eigenvalue weighted by Crippen LogP contribution is 2.31. The van der Waals surface area contributed by atoms with Crippen LogP contribution in [0, 0.1) is 0 Å². The summed E-state index contributed by atoms with van der Waals surface area (Å²) in [6.07, 6.45) is 0. The highest BCUT2D eigenvalue weighted by molar-refractivity contribution is 5.77. The van der Waals surface area contributed by atoms with Crippen molar-refractivity contribution >= 4 is 5.69 Å². The molecule has 96 valence electrons. The van der Waals surface area contributed by atoms with Crippen LogP contribution in [0.2, 0.25) is 0 Å². The molecular formula is C15H16N4. The number of nitrogens with zero attached hydrogens (tertiary/aromatic N) is 1. The molecule has 0 radical (unpaired) electrons. The van der Waals surface area contributed by atoms with Crippen molar-refractivity contribution in [3.63, 3.8) is 0 Å². The summed E-state index contributed by atoms with van der Waals surface area (Å²) in [5.41, 5.74) is 16.7. The maximum atomic E-state index is 6.06. The second-order valence-corrected chi connectivity index (χ2v) is 4.40. The molecule has 1 aromatic heterocycles. The number of hydrogen-bond acceptors (Lipinski definition) is 2. The molecule has 19 heavy (non-hydrogen) atoms. The molecule has 0 amide bonds. The standard InChI is InChI=1S/C15H16N4/c16-10-14-15(12-8-4-5-9-13(12)17)19(18-14)11-6-2-1-3-7-11/h1-9,18H,10,16-17H2. The number of nitrogens with one attached hydrogen (secondary N) is 1. The van der Waals surface area contributed by atoms with Gasteiger partial charge in [-0.05, 0) is 18.2 Å². The van der Waals surface area contributed by atoms with Gasteiger partial charge < -0.3 is 11.5 Å². The van der Waals surface area contributed by atoms with E-state index >= 15 is 0 Å². The number of H-pyrrole nitrogens is 1. The van der Waals surface area contributed by atoms with Crippen LogP contribution in [0.3, 0.4) is 0 Å². The molecule has 0 spiro atoms. The van der Waals surface area contributed by atoms with E-state index < -0.39 is 0 Å². The number of benzene rings is 2. The third-order valence-corrected chi connectivity index (χ3v) is 3.19. The summed E-state index contributed by atoms with van der Waals surface area (Å²) in [6.45, 7) is 0.465. The quantitative estimate of drug-likeness (QED) is 0.627. The number of para-hydroxylation sites is 2. The molecule has 4 nitrogen and oxygen atoms in total. The molecule has 4 heteroatoms. The molecule has 3 aromatic rings. The lowest BCUT2D eigenvalue weighted by molar-refractivity contribution is 0.728. The van der Waals surface area contributed by atoms with Gasteiger partial charge in [0.25, 0.3) is 0 Å². The number of aromatic amines is 1. The molecule has 0 saturated heterocycles. The van der Waals surface area contributed by atoms with Gasteiger partial charge in [0.15, 0.2) is 0 Å². The van der Waals surface area contributed by atoms with Crippen molar-refractivity contribution in [2.24, 2.45) is 5.73 Å². The maximum absolute atomic E-state index is 6.06. The third kappa shape index (κ3) is 1.92. The maximum Gasteiger partial charge on any atom is 0.0944 e. The molecule has 2 aromatic carbocycles. The summed E-state index contributed by atoms with van der Waals surface area (Å²) in [5.74, 6) is 0. The van der Waals surface area contributed by atoms with Crippen molar-refractivity contribution in [1.82, 2.24) is 9.78 Å². The Hall–Kier alpha value is -2.46. The van der Waals surface area contributed by atoms with Crippen molar-refractivity contribution in [2.45, 2.75) is 6.54 Å². The highest BCUT2D eigenvalue weighted by Gasteiger charge is 2.17. The van der Waals surface area contributed by atoms with E-state index in [0.717, 1.165) is 28.3 Å². The van der Waals surface area contributed by atoms with Crippen molar-refractivity contribution in [1.29, 1.82) is 0 Å². The molecule has 0 atom stereocenters. The number of hydrogen-bond donors (Lipinski definition) is 3. The fraction of sp³-hybridized carbons (Fsp3) is 0.0667. The minimum atomic E-state index is 0.465. The van der Waals surface area contributed by atoms with E-state index in [0.29, 0.717) is 6.54 Å². The fourth-order valence-corrected chi connectivity index (χ4v) is 2.23. The largest absolute Gasteiger partial charge is 0.398 e. The van der Waals surface area contributed by atoms with E-state index in [-0.39, 0.29) is 0 Å². The average molecular weight is 252 g/mol. The molecule has 0 fully saturated rings. The number of rotatable bonds is 3. The Balaban J connectivity index is 2.14. The first-order valence-corrected chi connectivity index (χ1v) is 6.21. The molecular weight excluding hydrogens is 236 g/mol. The van der Waals surface area contributed by atoms with Gasteiger partial charge in [0, 0.05) is 17.8 Å². The van der Waals surface area contributed by atoms with Crippen LogP contribution < -0.4 is 11.5 Å². The number of anilines is 1. The summed E-state index contributed by atoms with van der Waals surface area (Å²) >= 11 is 0. The lowest BCUT2D eigenvalue weighted by Gasteiger charge is -2.24. The van der Waals surface area contributed by atoms with E-state index in [4.69, 9.17) is 11.5 Å². The van der Waals surface area contributed by atoms with Crippen LogP contribution in [0.5, 0.6) is 0 Å². The summed E-state index contributed by atoms with van der Waals surface area (Å²) in [4.78, 5) is 0. The van der Waals surface area contributed by atoms with Crippen LogP contribution in [0.15, 0.2) is 54.6 Å². The predicted molar refractivity (Wildman–Crippen MR) is 77.9 cm³/mol. The van der Waals surface area contributed by atoms with Gasteiger partial charge in [-0.3, -0.25) is 9.78 Å². The summed E-state index contributed by atoms with van der Waals surface area (Å²) in [5, 5.41) is 3.25. The van der Waals surface area contributed by atoms with Gasteiger partial charge >= 0.3 is 0 Å². The Kier molecular flexibility index (Phi) is 2.85. The van der Waals surface area contributed by atoms with Gasteiger partial charge in [-0.25, -0.2) is 0 Å². The van der Waals surface area contributed by atoms with Gasteiger partial charge in [0.05, 0.1) is 17.1 Å². The van der Waals surface area contributed by atoms with Crippen LogP contribution in [-0.4, -0.2) is 9.78 Å². The Morgan fingerprint density at radius 1 is 0.947 bits per heavy atom. The van der Waals surface area contributed by atoms with E-state index in [9.17, 15) is 0 Å². The zero-order valence-electron chi connectivity index (χ0n) is 10.5. The van der Waals surface area contributed by atoms with Crippen LogP contribution in [0.25, 0.3) is 16.9 Å². The molecule has 0 unspecified atom stereocenters. The summed E-state index contributed by atoms with van der Waals surface area (Å²) in [6, 6.07) is 17.9. The number of nitrogen functional groups attached to an aromatic ring is 1. The molecule has 3 rings (SSSR count). The first kappa shape index (κ1) is 11.6. The lowest BCUT2D eigenvalue weighted by Crippen LogP contribution is -2.19. The SMILES string of the molecule is NCc1[nH]n(-c2ccccc2)c1-c1ccccc1N. The van der Waals surface area contributed by atoms with Crippen molar-refractivity contribution < 1.29 is 0 Å². The van der Waals surface area contributed by atoms with Gasteiger partial charge in [-0.15, -0.1) is 0 Å². The second kappa shape index (κ2) is 4.66. The smallest absolute Gasteiger partial charge is 0.0944 e. The summed E-state index contributed by atoms with van der Waals surface area (Å²) < 4.78 is 2.01. The van der Waals surface area contributed by atoms with Gasteiger partial charge in [0.1, 0.15) is 0 Å². The zero-order valence-corrected chi connectivity index (χ0v) is 10.5. The minimum absolute atomic E-state index is 0.465. The van der Waals surface area contributed by atoms with Crippen molar-refractivity contribution in [2.75, 3.05) is 5.73 Å². The molecule has 5 N–H and O–H groups in total. The van der Waals surface area contributed by atoms with E-state index in [2.05, 4.69) is 5.10 Å². The number of nitrogens with two attached hydrogens (primary N) is 2. The molecule has 1 heterocycles. The van der Waals surface area contributed by atoms with E-state index in [1.165, 1.54) is 0 Å². The zero-order chi connectivity index (χ0) is 13.2. The van der Waals surface area contributed by atoms with Gasteiger partial charge in [0.2, 0.25) is 0 Å². The molecule has 0 bridgehead atoms. The first-order valence-electron chi connectivity index (χ1n) is 6.21. The van der Waals surface area contributed by atoms with Gasteiger partial charge in [-0.1, -0.05) is 36.4 Å². The fourth-order valence-electron chi connectivity index (χ4n) is 2.23. The average Bonchev–Trinajstić information content (AvgIpc) is 2.42. The minimum Gasteiger partial charge on any atom is -0.398 e. The Morgan fingerprint density at radius 3 is 2.32 bits per heavy atom. The van der Waals surface area contributed by atoms with Crippen LogP contribution in [-0.2, 0) is 6.54 Å². The van der Waals surface area contributed by atoms with E-state index in [1.807, 2.05) is 59.3 Å². The summed E-state index contributed by atoms with van der Waals surface area (Å²) in [7, 11) is 0. The predicted octanol–water partition coefficient (Wildman–Crippen LogP) is 2.51.